The highest BCUT2D eigenvalue weighted by Crippen LogP contribution is 2.42. The quantitative estimate of drug-likeness (QED) is 0.211. The number of urea groups is 1. The van der Waals surface area contributed by atoms with Crippen LogP contribution in [0.25, 0.3) is 11.1 Å². The van der Waals surface area contributed by atoms with Crippen LogP contribution < -0.4 is 29.6 Å². The number of ether oxygens (including phenoxy) is 5. The third kappa shape index (κ3) is 7.71. The van der Waals surface area contributed by atoms with Gasteiger partial charge in [-0.3, -0.25) is 9.69 Å². The van der Waals surface area contributed by atoms with Crippen LogP contribution in [0.5, 0.6) is 23.0 Å². The first-order chi connectivity index (χ1) is 20.3. The molecule has 2 amide bonds. The molecule has 3 aromatic carbocycles. The second kappa shape index (κ2) is 14.6. The average Bonchev–Trinajstić information content (AvgIpc) is 3.00. The number of amides is 2. The Morgan fingerprint density at radius 1 is 0.905 bits per heavy atom. The molecule has 4 rings (SSSR count). The second-order valence-corrected chi connectivity index (χ2v) is 9.94. The number of nitrogens with one attached hydrogen (secondary N) is 2. The largest absolute Gasteiger partial charge is 0.496 e. The molecular weight excluding hydrogens is 538 g/mol. The maximum absolute atomic E-state index is 13.0. The monoisotopic (exact) mass is 577 g/mol. The van der Waals surface area contributed by atoms with Crippen molar-refractivity contribution < 1.29 is 33.3 Å². The van der Waals surface area contributed by atoms with Gasteiger partial charge in [0.05, 0.1) is 46.7 Å². The van der Waals surface area contributed by atoms with Crippen molar-refractivity contribution in [3.05, 3.63) is 59.7 Å². The number of morpholine rings is 1. The smallest absolute Gasteiger partial charge is 0.323 e. The SMILES string of the molecule is COc1cc(-c2cc(NC(=O)Nc3ccc(OCCCN4CCOCC4)cc3C)cc(OC)c2OC)ccc1C(C)=O. The second-order valence-electron chi connectivity index (χ2n) is 9.94. The van der Waals surface area contributed by atoms with E-state index in [0.717, 1.165) is 56.1 Å². The normalized spacial score (nSPS) is 13.3. The summed E-state index contributed by atoms with van der Waals surface area (Å²) in [4.78, 5) is 27.4. The molecule has 1 saturated heterocycles. The van der Waals surface area contributed by atoms with Crippen LogP contribution in [0.2, 0.25) is 0 Å². The van der Waals surface area contributed by atoms with Crippen LogP contribution in [0.3, 0.4) is 0 Å². The lowest BCUT2D eigenvalue weighted by Gasteiger charge is -2.26. The number of carbonyl (C=O) groups is 2. The molecule has 1 heterocycles. The molecule has 42 heavy (non-hydrogen) atoms. The van der Waals surface area contributed by atoms with Gasteiger partial charge in [-0.1, -0.05) is 6.07 Å². The highest BCUT2D eigenvalue weighted by Gasteiger charge is 2.18. The van der Waals surface area contributed by atoms with E-state index in [1.165, 1.54) is 21.1 Å². The first kappa shape index (κ1) is 30.7. The van der Waals surface area contributed by atoms with Gasteiger partial charge < -0.3 is 34.3 Å². The molecule has 0 aromatic heterocycles. The minimum Gasteiger partial charge on any atom is -0.496 e. The molecule has 0 aliphatic carbocycles. The highest BCUT2D eigenvalue weighted by molar-refractivity contribution is 6.01. The summed E-state index contributed by atoms with van der Waals surface area (Å²) in [6.07, 6.45) is 0.933. The van der Waals surface area contributed by atoms with Crippen LogP contribution in [-0.4, -0.2) is 77.5 Å². The fourth-order valence-electron chi connectivity index (χ4n) is 4.85. The lowest BCUT2D eigenvalue weighted by molar-refractivity contribution is 0.0358. The highest BCUT2D eigenvalue weighted by atomic mass is 16.5. The topological polar surface area (TPSA) is 108 Å². The summed E-state index contributed by atoms with van der Waals surface area (Å²) in [6.45, 7) is 8.53. The molecule has 0 radical (unpaired) electrons. The van der Waals surface area contributed by atoms with E-state index < -0.39 is 6.03 Å². The Bertz CT molecular complexity index is 1400. The van der Waals surface area contributed by atoms with Crippen LogP contribution in [0.1, 0.15) is 29.3 Å². The zero-order valence-corrected chi connectivity index (χ0v) is 24.9. The first-order valence-corrected chi connectivity index (χ1v) is 13.9. The van der Waals surface area contributed by atoms with Crippen LogP contribution in [0, 0.1) is 6.92 Å². The van der Waals surface area contributed by atoms with E-state index in [1.807, 2.05) is 25.1 Å². The fraction of sp³-hybridized carbons (Fsp3) is 0.375. The van der Waals surface area contributed by atoms with Crippen molar-refractivity contribution in [2.24, 2.45) is 0 Å². The van der Waals surface area contributed by atoms with Crippen molar-refractivity contribution in [3.8, 4) is 34.1 Å². The van der Waals surface area contributed by atoms with Gasteiger partial charge in [-0.05, 0) is 67.8 Å². The zero-order valence-electron chi connectivity index (χ0n) is 24.9. The summed E-state index contributed by atoms with van der Waals surface area (Å²) in [7, 11) is 4.59. The summed E-state index contributed by atoms with van der Waals surface area (Å²) >= 11 is 0. The summed E-state index contributed by atoms with van der Waals surface area (Å²) in [5, 5.41) is 5.79. The molecular formula is C32H39N3O7. The number of ketones is 1. The Hall–Kier alpha value is -4.28. The van der Waals surface area contributed by atoms with Gasteiger partial charge in [0.25, 0.3) is 0 Å². The number of carbonyl (C=O) groups excluding carboxylic acids is 2. The van der Waals surface area contributed by atoms with E-state index in [1.54, 1.807) is 37.4 Å². The van der Waals surface area contributed by atoms with Crippen molar-refractivity contribution in [2.45, 2.75) is 20.3 Å². The molecule has 1 fully saturated rings. The van der Waals surface area contributed by atoms with Gasteiger partial charge in [0.1, 0.15) is 11.5 Å². The summed E-state index contributed by atoms with van der Waals surface area (Å²) in [5.74, 6) is 2.02. The fourth-order valence-corrected chi connectivity index (χ4v) is 4.85. The summed E-state index contributed by atoms with van der Waals surface area (Å²) in [6, 6.07) is 13.9. The molecule has 0 bridgehead atoms. The average molecular weight is 578 g/mol. The molecule has 0 saturated carbocycles. The van der Waals surface area contributed by atoms with Gasteiger partial charge in [0, 0.05) is 42.6 Å². The molecule has 1 aliphatic heterocycles. The van der Waals surface area contributed by atoms with E-state index in [9.17, 15) is 9.59 Å². The van der Waals surface area contributed by atoms with Crippen LogP contribution in [0.4, 0.5) is 16.2 Å². The Morgan fingerprint density at radius 2 is 1.67 bits per heavy atom. The molecule has 0 spiro atoms. The Labute approximate surface area is 246 Å². The number of nitrogens with zero attached hydrogens (tertiary/aromatic N) is 1. The minimum atomic E-state index is -0.417. The van der Waals surface area contributed by atoms with Gasteiger partial charge in [0.2, 0.25) is 0 Å². The van der Waals surface area contributed by atoms with Gasteiger partial charge in [-0.25, -0.2) is 4.79 Å². The number of hydrogen-bond acceptors (Lipinski definition) is 8. The number of methoxy groups -OCH3 is 3. The Morgan fingerprint density at radius 3 is 2.33 bits per heavy atom. The zero-order chi connectivity index (χ0) is 30.1. The third-order valence-corrected chi connectivity index (χ3v) is 7.07. The number of aryl methyl sites for hydroxylation is 1. The van der Waals surface area contributed by atoms with Crippen LogP contribution >= 0.6 is 0 Å². The van der Waals surface area contributed by atoms with E-state index in [-0.39, 0.29) is 5.78 Å². The molecule has 0 atom stereocenters. The van der Waals surface area contributed by atoms with E-state index in [0.29, 0.717) is 46.4 Å². The van der Waals surface area contributed by atoms with Gasteiger partial charge in [-0.2, -0.15) is 0 Å². The van der Waals surface area contributed by atoms with Gasteiger partial charge in [-0.15, -0.1) is 0 Å². The number of benzene rings is 3. The van der Waals surface area contributed by atoms with E-state index >= 15 is 0 Å². The number of Topliss-reactive ketones (excluding diaryl/α,β-unsaturated/α-hetero) is 1. The third-order valence-electron chi connectivity index (χ3n) is 7.07. The molecule has 1 aliphatic rings. The van der Waals surface area contributed by atoms with Gasteiger partial charge >= 0.3 is 6.03 Å². The lowest BCUT2D eigenvalue weighted by Crippen LogP contribution is -2.37. The first-order valence-electron chi connectivity index (χ1n) is 13.9. The standard InChI is InChI=1S/C32H39N3O7/c1-21-17-25(42-14-6-11-35-12-15-41-16-13-35)8-10-28(21)34-32(37)33-24-19-27(31(40-5)30(20-24)39-4)23-7-9-26(22(2)36)29(18-23)38-3/h7-10,17-20H,6,11-16H2,1-5H3,(H2,33,34,37). The predicted octanol–water partition coefficient (Wildman–Crippen LogP) is 5.64. The van der Waals surface area contributed by atoms with E-state index in [2.05, 4.69) is 15.5 Å². The molecule has 3 aromatic rings. The van der Waals surface area contributed by atoms with Gasteiger partial charge in [0.15, 0.2) is 17.3 Å². The molecule has 0 unspecified atom stereocenters. The Balaban J connectivity index is 1.43. The summed E-state index contributed by atoms with van der Waals surface area (Å²) in [5.41, 5.74) is 3.90. The predicted molar refractivity (Wildman–Crippen MR) is 163 cm³/mol. The van der Waals surface area contributed by atoms with Crippen molar-refractivity contribution in [2.75, 3.05) is 71.4 Å². The maximum Gasteiger partial charge on any atom is 0.323 e. The summed E-state index contributed by atoms with van der Waals surface area (Å²) < 4.78 is 28.0. The maximum atomic E-state index is 13.0. The Kier molecular flexibility index (Phi) is 10.6. The number of anilines is 2. The molecule has 10 nitrogen and oxygen atoms in total. The van der Waals surface area contributed by atoms with Crippen molar-refractivity contribution in [3.63, 3.8) is 0 Å². The lowest BCUT2D eigenvalue weighted by atomic mass is 9.99. The van der Waals surface area contributed by atoms with E-state index in [4.69, 9.17) is 23.7 Å². The number of hydrogen-bond donors (Lipinski definition) is 2. The van der Waals surface area contributed by atoms with Crippen molar-refractivity contribution in [1.29, 1.82) is 0 Å². The molecule has 2 N–H and O–H groups in total. The minimum absolute atomic E-state index is 0.103. The van der Waals surface area contributed by atoms with Crippen molar-refractivity contribution in [1.82, 2.24) is 4.90 Å². The molecule has 224 valence electrons. The number of rotatable bonds is 12. The van der Waals surface area contributed by atoms with Crippen LogP contribution in [0.15, 0.2) is 48.5 Å². The van der Waals surface area contributed by atoms with Crippen LogP contribution in [-0.2, 0) is 4.74 Å². The molecule has 10 heteroatoms. The van der Waals surface area contributed by atoms with Crippen molar-refractivity contribution >= 4 is 23.2 Å².